The molecule has 1 aliphatic rings. The SMILES string of the molecule is CCC1(C)C(Br)CC1Oc1ccc([N+](=O)[O-])cc1. The van der Waals surface area contributed by atoms with Crippen LogP contribution >= 0.6 is 15.9 Å². The maximum atomic E-state index is 10.6. The van der Waals surface area contributed by atoms with Gasteiger partial charge in [-0.25, -0.2) is 0 Å². The summed E-state index contributed by atoms with van der Waals surface area (Å²) in [4.78, 5) is 10.6. The fraction of sp³-hybridized carbons (Fsp3) is 0.538. The van der Waals surface area contributed by atoms with Crippen molar-refractivity contribution in [3.05, 3.63) is 34.4 Å². The number of benzene rings is 1. The van der Waals surface area contributed by atoms with Crippen LogP contribution in [0.1, 0.15) is 26.7 Å². The second-order valence-electron chi connectivity index (χ2n) is 4.92. The summed E-state index contributed by atoms with van der Waals surface area (Å²) in [7, 11) is 0. The maximum absolute atomic E-state index is 10.6. The van der Waals surface area contributed by atoms with E-state index in [1.807, 2.05) is 0 Å². The number of nitrogens with zero attached hydrogens (tertiary/aromatic N) is 1. The first-order valence-corrected chi connectivity index (χ1v) is 6.94. The van der Waals surface area contributed by atoms with Crippen molar-refractivity contribution in [3.63, 3.8) is 0 Å². The zero-order valence-corrected chi connectivity index (χ0v) is 12.0. The van der Waals surface area contributed by atoms with Crippen molar-refractivity contribution in [3.8, 4) is 5.75 Å². The lowest BCUT2D eigenvalue weighted by atomic mass is 9.65. The average molecular weight is 314 g/mol. The molecular formula is C13H16BrNO3. The number of non-ortho nitro benzene ring substituents is 1. The van der Waals surface area contributed by atoms with Crippen molar-refractivity contribution in [1.82, 2.24) is 0 Å². The fourth-order valence-electron chi connectivity index (χ4n) is 2.21. The van der Waals surface area contributed by atoms with E-state index in [9.17, 15) is 10.1 Å². The molecule has 1 aliphatic carbocycles. The Morgan fingerprint density at radius 2 is 2.11 bits per heavy atom. The lowest BCUT2D eigenvalue weighted by Crippen LogP contribution is -2.54. The smallest absolute Gasteiger partial charge is 0.269 e. The van der Waals surface area contributed by atoms with Gasteiger partial charge in [0.2, 0.25) is 0 Å². The Kier molecular flexibility index (Phi) is 3.61. The normalized spacial score (nSPS) is 30.6. The van der Waals surface area contributed by atoms with Gasteiger partial charge in [-0.2, -0.15) is 0 Å². The molecule has 0 bridgehead atoms. The van der Waals surface area contributed by atoms with Crippen LogP contribution in [0.2, 0.25) is 0 Å². The van der Waals surface area contributed by atoms with Crippen molar-refractivity contribution in [2.75, 3.05) is 0 Å². The Hall–Kier alpha value is -1.10. The lowest BCUT2D eigenvalue weighted by Gasteiger charge is -2.50. The van der Waals surface area contributed by atoms with Crippen LogP contribution in [0.4, 0.5) is 5.69 Å². The topological polar surface area (TPSA) is 52.4 Å². The summed E-state index contributed by atoms with van der Waals surface area (Å²) < 4.78 is 5.91. The van der Waals surface area contributed by atoms with E-state index in [2.05, 4.69) is 29.8 Å². The van der Waals surface area contributed by atoms with Gasteiger partial charge in [-0.05, 0) is 25.0 Å². The molecule has 3 atom stereocenters. The molecule has 0 saturated heterocycles. The number of hydrogen-bond acceptors (Lipinski definition) is 3. The summed E-state index contributed by atoms with van der Waals surface area (Å²) >= 11 is 3.66. The molecule has 2 rings (SSSR count). The van der Waals surface area contributed by atoms with Crippen molar-refractivity contribution >= 4 is 21.6 Å². The van der Waals surface area contributed by atoms with Crippen molar-refractivity contribution in [1.29, 1.82) is 0 Å². The number of ether oxygens (including phenoxy) is 1. The van der Waals surface area contributed by atoms with Gasteiger partial charge in [-0.15, -0.1) is 0 Å². The van der Waals surface area contributed by atoms with Gasteiger partial charge in [0.25, 0.3) is 5.69 Å². The third kappa shape index (κ3) is 2.23. The largest absolute Gasteiger partial charge is 0.490 e. The Morgan fingerprint density at radius 1 is 1.50 bits per heavy atom. The van der Waals surface area contributed by atoms with Crippen LogP contribution in [0.25, 0.3) is 0 Å². The van der Waals surface area contributed by atoms with Crippen LogP contribution in [0.3, 0.4) is 0 Å². The number of nitro benzene ring substituents is 1. The average Bonchev–Trinajstić information content (AvgIpc) is 2.38. The van der Waals surface area contributed by atoms with Gasteiger partial charge in [-0.1, -0.05) is 29.8 Å². The number of rotatable bonds is 4. The van der Waals surface area contributed by atoms with Gasteiger partial charge in [0, 0.05) is 22.4 Å². The Bertz CT molecular complexity index is 448. The Labute approximate surface area is 115 Å². The van der Waals surface area contributed by atoms with E-state index in [1.165, 1.54) is 12.1 Å². The maximum Gasteiger partial charge on any atom is 0.269 e. The molecule has 3 unspecified atom stereocenters. The molecule has 1 fully saturated rings. The molecule has 0 N–H and O–H groups in total. The molecule has 1 aromatic rings. The van der Waals surface area contributed by atoms with Gasteiger partial charge in [-0.3, -0.25) is 10.1 Å². The van der Waals surface area contributed by atoms with E-state index < -0.39 is 4.92 Å². The van der Waals surface area contributed by atoms with Crippen LogP contribution in [0, 0.1) is 15.5 Å². The predicted octanol–water partition coefficient (Wildman–Crippen LogP) is 3.93. The monoisotopic (exact) mass is 313 g/mol. The highest BCUT2D eigenvalue weighted by atomic mass is 79.9. The zero-order chi connectivity index (χ0) is 13.3. The number of alkyl halides is 1. The minimum atomic E-state index is -0.405. The molecule has 5 heteroatoms. The highest BCUT2D eigenvalue weighted by Gasteiger charge is 2.50. The summed E-state index contributed by atoms with van der Waals surface area (Å²) in [6, 6.07) is 6.28. The summed E-state index contributed by atoms with van der Waals surface area (Å²) in [5, 5.41) is 10.6. The van der Waals surface area contributed by atoms with Gasteiger partial charge in [0.1, 0.15) is 11.9 Å². The predicted molar refractivity (Wildman–Crippen MR) is 73.2 cm³/mol. The minimum Gasteiger partial charge on any atom is -0.490 e. The lowest BCUT2D eigenvalue weighted by molar-refractivity contribution is -0.384. The molecule has 1 aromatic carbocycles. The van der Waals surface area contributed by atoms with E-state index in [1.54, 1.807) is 12.1 Å². The van der Waals surface area contributed by atoms with Gasteiger partial charge < -0.3 is 4.74 Å². The van der Waals surface area contributed by atoms with E-state index in [0.717, 1.165) is 12.8 Å². The molecule has 0 amide bonds. The van der Waals surface area contributed by atoms with E-state index in [4.69, 9.17) is 4.74 Å². The third-order valence-electron chi connectivity index (χ3n) is 3.96. The summed E-state index contributed by atoms with van der Waals surface area (Å²) in [5.74, 6) is 0.699. The van der Waals surface area contributed by atoms with Crippen molar-refractivity contribution in [2.24, 2.45) is 5.41 Å². The van der Waals surface area contributed by atoms with Crippen LogP contribution in [-0.2, 0) is 0 Å². The highest BCUT2D eigenvalue weighted by Crippen LogP contribution is 2.50. The van der Waals surface area contributed by atoms with Crippen LogP contribution in [-0.4, -0.2) is 15.9 Å². The number of nitro groups is 1. The molecule has 0 aliphatic heterocycles. The molecule has 0 radical (unpaired) electrons. The molecular weight excluding hydrogens is 298 g/mol. The first-order valence-electron chi connectivity index (χ1n) is 6.02. The van der Waals surface area contributed by atoms with E-state index in [0.29, 0.717) is 10.6 Å². The van der Waals surface area contributed by atoms with E-state index in [-0.39, 0.29) is 17.2 Å². The standard InChI is InChI=1S/C13H16BrNO3/c1-3-13(2)11(14)8-12(13)18-10-6-4-9(5-7-10)15(16)17/h4-7,11-12H,3,8H2,1-2H3. The highest BCUT2D eigenvalue weighted by molar-refractivity contribution is 9.09. The molecule has 0 aromatic heterocycles. The molecule has 1 saturated carbocycles. The second-order valence-corrected chi connectivity index (χ2v) is 6.03. The molecule has 18 heavy (non-hydrogen) atoms. The van der Waals surface area contributed by atoms with Crippen molar-refractivity contribution < 1.29 is 9.66 Å². The van der Waals surface area contributed by atoms with E-state index >= 15 is 0 Å². The molecule has 4 nitrogen and oxygen atoms in total. The van der Waals surface area contributed by atoms with Gasteiger partial charge in [0.05, 0.1) is 4.92 Å². The van der Waals surface area contributed by atoms with Crippen molar-refractivity contribution in [2.45, 2.75) is 37.6 Å². The zero-order valence-electron chi connectivity index (χ0n) is 10.4. The number of hydrogen-bond donors (Lipinski definition) is 0. The fourth-order valence-corrected chi connectivity index (χ4v) is 3.17. The quantitative estimate of drug-likeness (QED) is 0.481. The molecule has 98 valence electrons. The molecule has 0 spiro atoms. The first-order chi connectivity index (χ1) is 8.47. The first kappa shape index (κ1) is 13.3. The van der Waals surface area contributed by atoms with Gasteiger partial charge >= 0.3 is 0 Å². The second kappa shape index (κ2) is 4.88. The Balaban J connectivity index is 2.04. The summed E-state index contributed by atoms with van der Waals surface area (Å²) in [6.07, 6.45) is 2.19. The van der Waals surface area contributed by atoms with Crippen LogP contribution in [0.5, 0.6) is 5.75 Å². The summed E-state index contributed by atoms with van der Waals surface area (Å²) in [5.41, 5.74) is 0.231. The van der Waals surface area contributed by atoms with Gasteiger partial charge in [0.15, 0.2) is 0 Å². The minimum absolute atomic E-state index is 0.0904. The van der Waals surface area contributed by atoms with Crippen LogP contribution < -0.4 is 4.74 Å². The van der Waals surface area contributed by atoms with Crippen LogP contribution in [0.15, 0.2) is 24.3 Å². The third-order valence-corrected chi connectivity index (χ3v) is 5.38. The summed E-state index contributed by atoms with van der Waals surface area (Å²) in [6.45, 7) is 4.35. The number of halogens is 1. The Morgan fingerprint density at radius 3 is 2.56 bits per heavy atom. The molecule has 0 heterocycles.